The van der Waals surface area contributed by atoms with Crippen LogP contribution in [0.25, 0.3) is 5.65 Å². The van der Waals surface area contributed by atoms with Crippen LogP contribution in [0.2, 0.25) is 0 Å². The molecule has 1 aliphatic carbocycles. The van der Waals surface area contributed by atoms with E-state index in [1.807, 2.05) is 16.7 Å². The molecule has 2 aromatic rings. The fourth-order valence-corrected chi connectivity index (χ4v) is 1.56. The molecule has 1 aliphatic rings. The highest BCUT2D eigenvalue weighted by Gasteiger charge is 2.43. The number of fused-ring (bicyclic) bond motifs is 1. The number of imidazole rings is 1. The quantitative estimate of drug-likeness (QED) is 0.691. The molecule has 4 heteroatoms. The molecule has 66 valence electrons. The lowest BCUT2D eigenvalue weighted by Gasteiger charge is -2.05. The third-order valence-electron chi connectivity index (χ3n) is 2.54. The van der Waals surface area contributed by atoms with Crippen molar-refractivity contribution in [1.82, 2.24) is 14.4 Å². The van der Waals surface area contributed by atoms with E-state index >= 15 is 0 Å². The second-order valence-electron chi connectivity index (χ2n) is 3.59. The summed E-state index contributed by atoms with van der Waals surface area (Å²) in [4.78, 5) is 8.49. The molecule has 0 aliphatic heterocycles. The first-order valence-corrected chi connectivity index (χ1v) is 4.37. The predicted octanol–water partition coefficient (Wildman–Crippen LogP) is 0.677. The molecule has 3 rings (SSSR count). The molecular formula is C9H10N4. The Hall–Kier alpha value is -1.42. The summed E-state index contributed by atoms with van der Waals surface area (Å²) in [5.41, 5.74) is 6.75. The minimum absolute atomic E-state index is 0.185. The van der Waals surface area contributed by atoms with Gasteiger partial charge < -0.3 is 5.73 Å². The van der Waals surface area contributed by atoms with Gasteiger partial charge in [0.05, 0.1) is 11.7 Å². The Morgan fingerprint density at radius 3 is 3.00 bits per heavy atom. The van der Waals surface area contributed by atoms with Gasteiger partial charge in [-0.2, -0.15) is 0 Å². The second-order valence-corrected chi connectivity index (χ2v) is 3.59. The number of nitrogens with two attached hydrogens (primary N) is 1. The van der Waals surface area contributed by atoms with Crippen molar-refractivity contribution in [2.45, 2.75) is 18.4 Å². The maximum absolute atomic E-state index is 6.07. The Bertz CT molecular complexity index is 455. The van der Waals surface area contributed by atoms with E-state index in [2.05, 4.69) is 9.97 Å². The van der Waals surface area contributed by atoms with Crippen LogP contribution in [-0.2, 0) is 5.54 Å². The van der Waals surface area contributed by atoms with Crippen molar-refractivity contribution in [3.63, 3.8) is 0 Å². The van der Waals surface area contributed by atoms with Gasteiger partial charge in [-0.15, -0.1) is 0 Å². The molecule has 2 N–H and O–H groups in total. The number of rotatable bonds is 1. The zero-order valence-corrected chi connectivity index (χ0v) is 7.14. The molecule has 0 radical (unpaired) electrons. The van der Waals surface area contributed by atoms with Crippen LogP contribution >= 0.6 is 0 Å². The summed E-state index contributed by atoms with van der Waals surface area (Å²) in [5.74, 6) is 0.940. The van der Waals surface area contributed by atoms with Crippen LogP contribution in [0.5, 0.6) is 0 Å². The molecule has 0 atom stereocenters. The Morgan fingerprint density at radius 2 is 2.23 bits per heavy atom. The van der Waals surface area contributed by atoms with Crippen molar-refractivity contribution >= 4 is 5.65 Å². The molecular weight excluding hydrogens is 164 g/mol. The lowest BCUT2D eigenvalue weighted by molar-refractivity contribution is 0.668. The van der Waals surface area contributed by atoms with Crippen LogP contribution in [-0.4, -0.2) is 14.4 Å². The van der Waals surface area contributed by atoms with Gasteiger partial charge in [0.25, 0.3) is 0 Å². The molecule has 0 aromatic carbocycles. The average Bonchev–Trinajstić information content (AvgIpc) is 2.76. The van der Waals surface area contributed by atoms with Crippen molar-refractivity contribution < 1.29 is 0 Å². The molecule has 2 heterocycles. The van der Waals surface area contributed by atoms with Crippen molar-refractivity contribution in [1.29, 1.82) is 0 Å². The van der Waals surface area contributed by atoms with Crippen LogP contribution in [0, 0.1) is 0 Å². The Morgan fingerprint density at radius 1 is 1.38 bits per heavy atom. The fourth-order valence-electron chi connectivity index (χ4n) is 1.56. The number of aromatic nitrogens is 3. The van der Waals surface area contributed by atoms with Crippen LogP contribution in [0.1, 0.15) is 18.7 Å². The Labute approximate surface area is 75.4 Å². The summed E-state index contributed by atoms with van der Waals surface area (Å²) < 4.78 is 1.97. The predicted molar refractivity (Wildman–Crippen MR) is 48.1 cm³/mol. The largest absolute Gasteiger partial charge is 0.319 e. The highest BCUT2D eigenvalue weighted by atomic mass is 15.1. The van der Waals surface area contributed by atoms with Crippen LogP contribution in [0.15, 0.2) is 24.7 Å². The molecule has 0 bridgehead atoms. The third kappa shape index (κ3) is 0.890. The standard InChI is InChI=1S/C9H10N4/c10-9(2-3-9)8-12-6-7-11-4-1-5-13(7)8/h1,4-6H,2-3,10H2. The Balaban J connectivity index is 2.30. The van der Waals surface area contributed by atoms with Crippen molar-refractivity contribution in [3.05, 3.63) is 30.5 Å². The van der Waals surface area contributed by atoms with Crippen molar-refractivity contribution in [3.8, 4) is 0 Å². The minimum atomic E-state index is -0.185. The van der Waals surface area contributed by atoms with Gasteiger partial charge in [0.1, 0.15) is 5.82 Å². The monoisotopic (exact) mass is 174 g/mol. The second kappa shape index (κ2) is 2.09. The van der Waals surface area contributed by atoms with Gasteiger partial charge in [0, 0.05) is 12.4 Å². The van der Waals surface area contributed by atoms with Crippen molar-refractivity contribution in [2.75, 3.05) is 0 Å². The summed E-state index contributed by atoms with van der Waals surface area (Å²) in [6.45, 7) is 0. The van der Waals surface area contributed by atoms with Gasteiger partial charge in [-0.3, -0.25) is 4.40 Å². The van der Waals surface area contributed by atoms with E-state index in [1.54, 1.807) is 12.4 Å². The summed E-state index contributed by atoms with van der Waals surface area (Å²) in [5, 5.41) is 0. The lowest BCUT2D eigenvalue weighted by Crippen LogP contribution is -2.22. The van der Waals surface area contributed by atoms with Gasteiger partial charge in [0.2, 0.25) is 0 Å². The molecule has 1 fully saturated rings. The highest BCUT2D eigenvalue weighted by Crippen LogP contribution is 2.41. The first-order valence-electron chi connectivity index (χ1n) is 4.37. The molecule has 0 saturated heterocycles. The maximum atomic E-state index is 6.07. The van der Waals surface area contributed by atoms with E-state index in [1.165, 1.54) is 0 Å². The SMILES string of the molecule is NC1(c2ncc3ncccn23)CC1. The lowest BCUT2D eigenvalue weighted by atomic mass is 10.3. The highest BCUT2D eigenvalue weighted by molar-refractivity contribution is 5.38. The topological polar surface area (TPSA) is 56.2 Å². The van der Waals surface area contributed by atoms with Crippen molar-refractivity contribution in [2.24, 2.45) is 5.73 Å². The molecule has 0 spiro atoms. The minimum Gasteiger partial charge on any atom is -0.319 e. The van der Waals surface area contributed by atoms with Gasteiger partial charge >= 0.3 is 0 Å². The smallest absolute Gasteiger partial charge is 0.156 e. The number of hydrogen-bond donors (Lipinski definition) is 1. The molecule has 0 amide bonds. The third-order valence-corrected chi connectivity index (χ3v) is 2.54. The van der Waals surface area contributed by atoms with Crippen LogP contribution in [0.3, 0.4) is 0 Å². The molecule has 0 unspecified atom stereocenters. The van der Waals surface area contributed by atoms with E-state index in [0.29, 0.717) is 0 Å². The van der Waals surface area contributed by atoms with Gasteiger partial charge in [-0.1, -0.05) is 0 Å². The van der Waals surface area contributed by atoms with E-state index in [0.717, 1.165) is 24.3 Å². The van der Waals surface area contributed by atoms with Crippen LogP contribution < -0.4 is 5.73 Å². The van der Waals surface area contributed by atoms with E-state index < -0.39 is 0 Å². The van der Waals surface area contributed by atoms with E-state index in [4.69, 9.17) is 5.73 Å². The maximum Gasteiger partial charge on any atom is 0.156 e. The summed E-state index contributed by atoms with van der Waals surface area (Å²) in [7, 11) is 0. The van der Waals surface area contributed by atoms with Crippen LogP contribution in [0.4, 0.5) is 0 Å². The first-order chi connectivity index (χ1) is 6.30. The molecule has 13 heavy (non-hydrogen) atoms. The number of hydrogen-bond acceptors (Lipinski definition) is 3. The normalized spacial score (nSPS) is 19.2. The van der Waals surface area contributed by atoms with E-state index in [9.17, 15) is 0 Å². The summed E-state index contributed by atoms with van der Waals surface area (Å²) >= 11 is 0. The van der Waals surface area contributed by atoms with Gasteiger partial charge in [-0.25, -0.2) is 9.97 Å². The van der Waals surface area contributed by atoms with E-state index in [-0.39, 0.29) is 5.54 Å². The summed E-state index contributed by atoms with van der Waals surface area (Å²) in [6.07, 6.45) is 7.54. The molecule has 1 saturated carbocycles. The first kappa shape index (κ1) is 7.03. The van der Waals surface area contributed by atoms with Gasteiger partial charge in [-0.05, 0) is 18.9 Å². The Kier molecular flexibility index (Phi) is 1.13. The fraction of sp³-hybridized carbons (Fsp3) is 0.333. The summed E-state index contributed by atoms with van der Waals surface area (Å²) in [6, 6.07) is 1.89. The zero-order chi connectivity index (χ0) is 8.89. The zero-order valence-electron chi connectivity index (χ0n) is 7.14. The van der Waals surface area contributed by atoms with Gasteiger partial charge in [0.15, 0.2) is 5.65 Å². The molecule has 4 nitrogen and oxygen atoms in total. The number of nitrogens with zero attached hydrogens (tertiary/aromatic N) is 3. The average molecular weight is 174 g/mol. The molecule has 2 aromatic heterocycles.